The molecule has 1 aromatic rings. The molecule has 1 aliphatic rings. The highest BCUT2D eigenvalue weighted by Crippen LogP contribution is 2.15. The lowest BCUT2D eigenvalue weighted by atomic mass is 10.1. The number of nitrogens with zero attached hydrogens (tertiary/aromatic N) is 1. The van der Waals surface area contributed by atoms with Gasteiger partial charge in [-0.15, -0.1) is 11.6 Å². The van der Waals surface area contributed by atoms with Crippen LogP contribution in [0.25, 0.3) is 0 Å². The first-order valence-electron chi connectivity index (χ1n) is 7.12. The quantitative estimate of drug-likeness (QED) is 0.800. The summed E-state index contributed by atoms with van der Waals surface area (Å²) in [6.07, 6.45) is 1.30. The van der Waals surface area contributed by atoms with Crippen LogP contribution in [0.2, 0.25) is 0 Å². The molecule has 0 aliphatic carbocycles. The molecule has 1 heterocycles. The monoisotopic (exact) mass is 295 g/mol. The Kier molecular flexibility index (Phi) is 5.44. The van der Waals surface area contributed by atoms with Gasteiger partial charge in [0.15, 0.2) is 0 Å². The second-order valence-corrected chi connectivity index (χ2v) is 5.80. The third kappa shape index (κ3) is 3.97. The topological polar surface area (TPSA) is 29.5 Å². The predicted octanol–water partition coefficient (Wildman–Crippen LogP) is 2.78. The summed E-state index contributed by atoms with van der Waals surface area (Å²) in [5.41, 5.74) is 2.45. The lowest BCUT2D eigenvalue weighted by molar-refractivity contribution is -0.142. The predicted molar refractivity (Wildman–Crippen MR) is 81.1 cm³/mol. The fraction of sp³-hybridized carbons (Fsp3) is 0.562. The summed E-state index contributed by atoms with van der Waals surface area (Å²) in [6.45, 7) is 5.28. The molecule has 4 heteroatoms. The number of halogens is 1. The summed E-state index contributed by atoms with van der Waals surface area (Å²) in [7, 11) is 0. The van der Waals surface area contributed by atoms with Crippen molar-refractivity contribution in [2.45, 2.75) is 38.8 Å². The molecule has 20 heavy (non-hydrogen) atoms. The first-order chi connectivity index (χ1) is 9.60. The highest BCUT2D eigenvalue weighted by atomic mass is 35.5. The number of alkyl halides is 1. The minimum Gasteiger partial charge on any atom is -0.373 e. The zero-order valence-electron chi connectivity index (χ0n) is 12.1. The van der Waals surface area contributed by atoms with E-state index in [4.69, 9.17) is 16.3 Å². The van der Waals surface area contributed by atoms with Crippen molar-refractivity contribution in [1.29, 1.82) is 0 Å². The van der Waals surface area contributed by atoms with E-state index in [0.717, 1.165) is 6.42 Å². The number of morpholine rings is 1. The summed E-state index contributed by atoms with van der Waals surface area (Å²) in [5, 5.41) is 0. The largest absolute Gasteiger partial charge is 0.373 e. The van der Waals surface area contributed by atoms with Crippen molar-refractivity contribution in [2.75, 3.05) is 19.0 Å². The van der Waals surface area contributed by atoms with E-state index in [1.165, 1.54) is 11.1 Å². The van der Waals surface area contributed by atoms with E-state index in [2.05, 4.69) is 25.1 Å². The van der Waals surface area contributed by atoms with Crippen LogP contribution < -0.4 is 0 Å². The second kappa shape index (κ2) is 7.09. The van der Waals surface area contributed by atoms with Crippen LogP contribution in [0.4, 0.5) is 0 Å². The lowest BCUT2D eigenvalue weighted by Crippen LogP contribution is -2.51. The van der Waals surface area contributed by atoms with Crippen LogP contribution in [0, 0.1) is 6.92 Å². The summed E-state index contributed by atoms with van der Waals surface area (Å²) in [5.74, 6) is 0.631. The molecule has 0 bridgehead atoms. The van der Waals surface area contributed by atoms with Crippen molar-refractivity contribution in [3.63, 3.8) is 0 Å². The molecule has 0 spiro atoms. The molecular formula is C16H22ClNO2. The third-order valence-electron chi connectivity index (χ3n) is 3.71. The fourth-order valence-corrected chi connectivity index (χ4v) is 2.71. The van der Waals surface area contributed by atoms with Gasteiger partial charge in [0.05, 0.1) is 24.6 Å². The minimum atomic E-state index is -0.0317. The normalized spacial score (nSPS) is 22.9. The fourth-order valence-electron chi connectivity index (χ4n) is 2.52. The summed E-state index contributed by atoms with van der Waals surface area (Å²) in [6, 6.07) is 8.46. The van der Waals surface area contributed by atoms with Gasteiger partial charge in [0.2, 0.25) is 5.91 Å². The average Bonchev–Trinajstić information content (AvgIpc) is 2.45. The van der Waals surface area contributed by atoms with Gasteiger partial charge in [-0.25, -0.2) is 0 Å². The molecule has 0 aromatic heterocycles. The Hall–Kier alpha value is -1.06. The van der Waals surface area contributed by atoms with E-state index in [9.17, 15) is 4.79 Å². The van der Waals surface area contributed by atoms with Crippen LogP contribution in [0.1, 0.15) is 24.5 Å². The van der Waals surface area contributed by atoms with Crippen molar-refractivity contribution < 1.29 is 9.53 Å². The highest BCUT2D eigenvalue weighted by molar-refractivity contribution is 6.18. The standard InChI is InChI=1S/C16H22ClNO2/c1-12-4-3-5-14(8-12)6-7-16(19)18-10-15(9-17)20-11-13(18)2/h3-5,8,13,15H,6-7,9-11H2,1-2H3. The van der Waals surface area contributed by atoms with Gasteiger partial charge in [-0.3, -0.25) is 4.79 Å². The highest BCUT2D eigenvalue weighted by Gasteiger charge is 2.28. The Balaban J connectivity index is 1.90. The molecule has 1 amide bonds. The molecule has 0 saturated carbocycles. The Morgan fingerprint density at radius 1 is 1.50 bits per heavy atom. The van der Waals surface area contributed by atoms with Crippen LogP contribution in [0.3, 0.4) is 0 Å². The minimum absolute atomic E-state index is 0.0317. The second-order valence-electron chi connectivity index (χ2n) is 5.49. The number of benzene rings is 1. The summed E-state index contributed by atoms with van der Waals surface area (Å²) >= 11 is 5.83. The Bertz CT molecular complexity index is 464. The molecule has 1 aromatic carbocycles. The number of aryl methyl sites for hydroxylation is 2. The van der Waals surface area contributed by atoms with Gasteiger partial charge < -0.3 is 9.64 Å². The maximum atomic E-state index is 12.4. The number of hydrogen-bond acceptors (Lipinski definition) is 2. The summed E-state index contributed by atoms with van der Waals surface area (Å²) in [4.78, 5) is 14.3. The van der Waals surface area contributed by atoms with E-state index >= 15 is 0 Å². The van der Waals surface area contributed by atoms with Gasteiger partial charge in [0, 0.05) is 13.0 Å². The molecule has 2 unspecified atom stereocenters. The third-order valence-corrected chi connectivity index (χ3v) is 4.05. The maximum absolute atomic E-state index is 12.4. The lowest BCUT2D eigenvalue weighted by Gasteiger charge is -2.37. The van der Waals surface area contributed by atoms with E-state index in [0.29, 0.717) is 25.5 Å². The van der Waals surface area contributed by atoms with Crippen molar-refractivity contribution in [3.05, 3.63) is 35.4 Å². The first-order valence-corrected chi connectivity index (χ1v) is 7.66. The zero-order valence-corrected chi connectivity index (χ0v) is 12.9. The van der Waals surface area contributed by atoms with Crippen molar-refractivity contribution in [2.24, 2.45) is 0 Å². The molecule has 0 radical (unpaired) electrons. The van der Waals surface area contributed by atoms with Gasteiger partial charge in [0.1, 0.15) is 0 Å². The van der Waals surface area contributed by atoms with E-state index in [1.807, 2.05) is 17.9 Å². The average molecular weight is 296 g/mol. The smallest absolute Gasteiger partial charge is 0.223 e. The van der Waals surface area contributed by atoms with Gasteiger partial charge in [0.25, 0.3) is 0 Å². The molecule has 2 rings (SSSR count). The van der Waals surface area contributed by atoms with Gasteiger partial charge >= 0.3 is 0 Å². The molecule has 1 aliphatic heterocycles. The Morgan fingerprint density at radius 2 is 2.30 bits per heavy atom. The van der Waals surface area contributed by atoms with E-state index in [-0.39, 0.29) is 18.1 Å². The molecule has 1 saturated heterocycles. The molecule has 0 N–H and O–H groups in total. The van der Waals surface area contributed by atoms with Crippen LogP contribution in [-0.2, 0) is 16.0 Å². The number of ether oxygens (including phenoxy) is 1. The van der Waals surface area contributed by atoms with Crippen molar-refractivity contribution >= 4 is 17.5 Å². The van der Waals surface area contributed by atoms with Crippen molar-refractivity contribution in [3.8, 4) is 0 Å². The number of hydrogen-bond donors (Lipinski definition) is 0. The number of rotatable bonds is 4. The maximum Gasteiger partial charge on any atom is 0.223 e. The molecular weight excluding hydrogens is 274 g/mol. The van der Waals surface area contributed by atoms with Crippen LogP contribution in [0.5, 0.6) is 0 Å². The first kappa shape index (κ1) is 15.3. The number of carbonyl (C=O) groups excluding carboxylic acids is 1. The van der Waals surface area contributed by atoms with E-state index in [1.54, 1.807) is 0 Å². The Morgan fingerprint density at radius 3 is 3.00 bits per heavy atom. The van der Waals surface area contributed by atoms with Crippen molar-refractivity contribution in [1.82, 2.24) is 4.90 Å². The van der Waals surface area contributed by atoms with E-state index < -0.39 is 0 Å². The molecule has 110 valence electrons. The molecule has 2 atom stereocenters. The molecule has 1 fully saturated rings. The number of amides is 1. The van der Waals surface area contributed by atoms with Gasteiger partial charge in [-0.1, -0.05) is 29.8 Å². The van der Waals surface area contributed by atoms with Crippen LogP contribution in [0.15, 0.2) is 24.3 Å². The van der Waals surface area contributed by atoms with Crippen LogP contribution in [-0.4, -0.2) is 42.0 Å². The Labute approximate surface area is 125 Å². The SMILES string of the molecule is Cc1cccc(CCC(=O)N2CC(CCl)OCC2C)c1. The van der Waals surface area contributed by atoms with Gasteiger partial charge in [-0.2, -0.15) is 0 Å². The zero-order chi connectivity index (χ0) is 14.5. The number of carbonyl (C=O) groups is 1. The van der Waals surface area contributed by atoms with Crippen LogP contribution >= 0.6 is 11.6 Å². The summed E-state index contributed by atoms with van der Waals surface area (Å²) < 4.78 is 5.57. The van der Waals surface area contributed by atoms with Gasteiger partial charge in [-0.05, 0) is 25.8 Å². The molecule has 3 nitrogen and oxygen atoms in total.